The summed E-state index contributed by atoms with van der Waals surface area (Å²) in [6.45, 7) is 10.3. The van der Waals surface area contributed by atoms with Crippen LogP contribution < -0.4 is 4.90 Å². The van der Waals surface area contributed by atoms with Crippen molar-refractivity contribution in [2.45, 2.75) is 59.1 Å². The molecule has 0 N–H and O–H groups in total. The van der Waals surface area contributed by atoms with Crippen molar-refractivity contribution < 1.29 is 18.8 Å². The zero-order valence-electron chi connectivity index (χ0n) is 22.2. The van der Waals surface area contributed by atoms with E-state index in [1.807, 2.05) is 46.8 Å². The minimum Gasteiger partial charge on any atom is -0.444 e. The van der Waals surface area contributed by atoms with Gasteiger partial charge in [0.1, 0.15) is 17.1 Å². The highest BCUT2D eigenvalue weighted by atomic mass is 32.1. The molecule has 0 radical (unpaired) electrons. The molecule has 38 heavy (non-hydrogen) atoms. The second kappa shape index (κ2) is 10.2. The lowest BCUT2D eigenvalue weighted by molar-refractivity contribution is 0.0196. The average molecular weight is 534 g/mol. The Balaban J connectivity index is 1.51. The van der Waals surface area contributed by atoms with Crippen LogP contribution in [0.2, 0.25) is 0 Å². The molecule has 0 spiro atoms. The van der Waals surface area contributed by atoms with E-state index in [1.165, 1.54) is 0 Å². The molecule has 10 heteroatoms. The molecule has 1 atom stereocenters. The van der Waals surface area contributed by atoms with Gasteiger partial charge in [0.15, 0.2) is 5.76 Å². The molecule has 4 aromatic heterocycles. The maximum Gasteiger partial charge on any atom is 0.410 e. The summed E-state index contributed by atoms with van der Waals surface area (Å²) in [5, 5.41) is 6.93. The van der Waals surface area contributed by atoms with Crippen molar-refractivity contribution in [2.24, 2.45) is 0 Å². The number of amides is 2. The molecule has 4 aromatic rings. The number of fused-ring (bicyclic) bond motifs is 1. The first-order chi connectivity index (χ1) is 18.1. The maximum absolute atomic E-state index is 14.1. The van der Waals surface area contributed by atoms with Crippen LogP contribution in [-0.2, 0) is 4.74 Å². The molecule has 0 aromatic carbocycles. The number of likely N-dealkylation sites (tertiary alicyclic amines) is 1. The van der Waals surface area contributed by atoms with Gasteiger partial charge >= 0.3 is 6.09 Å². The van der Waals surface area contributed by atoms with Crippen molar-refractivity contribution in [3.05, 3.63) is 59.0 Å². The fraction of sp³-hybridized carbons (Fsp3) is 0.393. The molecule has 0 bridgehead atoms. The summed E-state index contributed by atoms with van der Waals surface area (Å²) in [7, 11) is 0. The molecule has 0 aliphatic carbocycles. The highest BCUT2D eigenvalue weighted by Crippen LogP contribution is 2.35. The van der Waals surface area contributed by atoms with E-state index in [0.717, 1.165) is 39.7 Å². The lowest BCUT2D eigenvalue weighted by Gasteiger charge is -2.39. The van der Waals surface area contributed by atoms with Gasteiger partial charge in [0, 0.05) is 47.2 Å². The second-order valence-corrected chi connectivity index (χ2v) is 11.5. The van der Waals surface area contributed by atoms with Crippen molar-refractivity contribution in [3.8, 4) is 11.3 Å². The van der Waals surface area contributed by atoms with Gasteiger partial charge in [-0.2, -0.15) is 0 Å². The van der Waals surface area contributed by atoms with Crippen LogP contribution in [0.25, 0.3) is 21.4 Å². The number of aromatic nitrogens is 3. The highest BCUT2D eigenvalue weighted by molar-refractivity contribution is 7.17. The van der Waals surface area contributed by atoms with Crippen LogP contribution in [0.15, 0.2) is 46.6 Å². The molecule has 1 aliphatic heterocycles. The predicted octanol–water partition coefficient (Wildman–Crippen LogP) is 6.01. The quantitative estimate of drug-likeness (QED) is 0.317. The van der Waals surface area contributed by atoms with E-state index in [9.17, 15) is 9.59 Å². The Morgan fingerprint density at radius 1 is 1.18 bits per heavy atom. The molecule has 1 saturated heterocycles. The van der Waals surface area contributed by atoms with Gasteiger partial charge in [-0.05, 0) is 76.6 Å². The fourth-order valence-corrected chi connectivity index (χ4v) is 5.61. The third-order valence-corrected chi connectivity index (χ3v) is 7.47. The number of pyridine rings is 2. The van der Waals surface area contributed by atoms with Crippen molar-refractivity contribution >= 4 is 39.2 Å². The highest BCUT2D eigenvalue weighted by Gasteiger charge is 2.36. The monoisotopic (exact) mass is 533 g/mol. The summed E-state index contributed by atoms with van der Waals surface area (Å²) in [4.78, 5) is 39.6. The van der Waals surface area contributed by atoms with E-state index >= 15 is 0 Å². The number of carbonyl (C=O) groups excluding carboxylic acids is 2. The molecule has 5 heterocycles. The van der Waals surface area contributed by atoms with Gasteiger partial charge in [0.2, 0.25) is 0 Å². The minimum atomic E-state index is -0.603. The normalized spacial score (nSPS) is 16.0. The third kappa shape index (κ3) is 5.26. The lowest BCUT2D eigenvalue weighted by Crippen LogP contribution is -2.53. The molecule has 1 aliphatic rings. The van der Waals surface area contributed by atoms with Crippen molar-refractivity contribution in [2.75, 3.05) is 18.0 Å². The molecule has 198 valence electrons. The van der Waals surface area contributed by atoms with Crippen LogP contribution in [0.3, 0.4) is 0 Å². The van der Waals surface area contributed by atoms with Gasteiger partial charge in [0.05, 0.1) is 11.7 Å². The van der Waals surface area contributed by atoms with E-state index < -0.39 is 5.60 Å². The van der Waals surface area contributed by atoms with Crippen molar-refractivity contribution in [1.82, 2.24) is 20.0 Å². The largest absolute Gasteiger partial charge is 0.444 e. The van der Waals surface area contributed by atoms with Gasteiger partial charge in [-0.1, -0.05) is 5.16 Å². The number of carbonyl (C=O) groups is 2. The number of aryl methyl sites for hydroxylation is 2. The fourth-order valence-electron chi connectivity index (χ4n) is 4.68. The first kappa shape index (κ1) is 25.8. The van der Waals surface area contributed by atoms with Gasteiger partial charge < -0.3 is 14.2 Å². The molecular weight excluding hydrogens is 502 g/mol. The zero-order valence-corrected chi connectivity index (χ0v) is 23.0. The molecule has 0 saturated carbocycles. The van der Waals surface area contributed by atoms with E-state index in [0.29, 0.717) is 24.7 Å². The predicted molar refractivity (Wildman–Crippen MR) is 146 cm³/mol. The van der Waals surface area contributed by atoms with Crippen LogP contribution in [0, 0.1) is 13.8 Å². The minimum absolute atomic E-state index is 0.271. The van der Waals surface area contributed by atoms with Crippen LogP contribution in [-0.4, -0.2) is 56.8 Å². The number of hydrogen-bond donors (Lipinski definition) is 0. The average Bonchev–Trinajstić information content (AvgIpc) is 3.49. The Morgan fingerprint density at radius 2 is 2.00 bits per heavy atom. The Hall–Kier alpha value is -3.79. The van der Waals surface area contributed by atoms with Crippen molar-refractivity contribution in [1.29, 1.82) is 0 Å². The standard InChI is InChI=1S/C28H31N5O4S/c1-17-16-38-23-10-11-29-25(24(17)23)33(20-7-6-12-32(15-20)27(35)36-28(3,4)5)26(34)21-9-8-19(14-30-21)22-13-18(2)31-37-22/h8-11,13-14,16,20H,6-7,12,15H2,1-5H3/t20-/m1/s1. The number of hydrogen-bond acceptors (Lipinski definition) is 8. The SMILES string of the molecule is Cc1cc(-c2ccc(C(=O)N(c3nccc4scc(C)c34)[C@@H]3CCCN(C(=O)OC(C)(C)C)C3)nc2)on1. The van der Waals surface area contributed by atoms with E-state index in [-0.39, 0.29) is 23.7 Å². The van der Waals surface area contributed by atoms with Crippen LogP contribution in [0.5, 0.6) is 0 Å². The number of rotatable bonds is 4. The van der Waals surface area contributed by atoms with Crippen LogP contribution in [0.1, 0.15) is 55.4 Å². The summed E-state index contributed by atoms with van der Waals surface area (Å²) in [5.41, 5.74) is 2.23. The lowest BCUT2D eigenvalue weighted by atomic mass is 10.0. The summed E-state index contributed by atoms with van der Waals surface area (Å²) < 4.78 is 12.0. The molecule has 1 fully saturated rings. The second-order valence-electron chi connectivity index (χ2n) is 10.6. The van der Waals surface area contributed by atoms with Gasteiger partial charge in [0.25, 0.3) is 5.91 Å². The van der Waals surface area contributed by atoms with Crippen molar-refractivity contribution in [3.63, 3.8) is 0 Å². The summed E-state index contributed by atoms with van der Waals surface area (Å²) in [6.07, 6.45) is 4.43. The molecule has 0 unspecified atom stereocenters. The number of anilines is 1. The summed E-state index contributed by atoms with van der Waals surface area (Å²) >= 11 is 1.62. The Bertz CT molecular complexity index is 1470. The van der Waals surface area contributed by atoms with E-state index in [1.54, 1.807) is 45.7 Å². The first-order valence-corrected chi connectivity index (χ1v) is 13.5. The number of ether oxygens (including phenoxy) is 1. The molecule has 9 nitrogen and oxygen atoms in total. The van der Waals surface area contributed by atoms with Gasteiger partial charge in [-0.15, -0.1) is 11.3 Å². The number of piperidine rings is 1. The first-order valence-electron chi connectivity index (χ1n) is 12.6. The molecule has 5 rings (SSSR count). The zero-order chi connectivity index (χ0) is 27.0. The maximum atomic E-state index is 14.1. The number of thiophene rings is 1. The molecule has 2 amide bonds. The molecular formula is C28H31N5O4S. The Kier molecular flexibility index (Phi) is 6.92. The van der Waals surface area contributed by atoms with Gasteiger partial charge in [-0.3, -0.25) is 14.7 Å². The smallest absolute Gasteiger partial charge is 0.410 e. The topological polar surface area (TPSA) is 102 Å². The van der Waals surface area contributed by atoms with Gasteiger partial charge in [-0.25, -0.2) is 9.78 Å². The van der Waals surface area contributed by atoms with E-state index in [4.69, 9.17) is 9.26 Å². The number of nitrogens with zero attached hydrogens (tertiary/aromatic N) is 5. The van der Waals surface area contributed by atoms with Crippen LogP contribution in [0.4, 0.5) is 10.6 Å². The Labute approximate surface area is 225 Å². The third-order valence-electron chi connectivity index (χ3n) is 6.41. The summed E-state index contributed by atoms with van der Waals surface area (Å²) in [5.74, 6) is 0.900. The summed E-state index contributed by atoms with van der Waals surface area (Å²) in [6, 6.07) is 6.98. The van der Waals surface area contributed by atoms with Crippen LogP contribution >= 0.6 is 11.3 Å². The Morgan fingerprint density at radius 3 is 2.68 bits per heavy atom. The van der Waals surface area contributed by atoms with E-state index in [2.05, 4.69) is 20.5 Å².